The van der Waals surface area contributed by atoms with Gasteiger partial charge in [-0.3, -0.25) is 9.89 Å². The second-order valence-corrected chi connectivity index (χ2v) is 6.96. The minimum atomic E-state index is -0.00718. The molecule has 2 N–H and O–H groups in total. The summed E-state index contributed by atoms with van der Waals surface area (Å²) in [6.07, 6.45) is 5.85. The van der Waals surface area contributed by atoms with Crippen LogP contribution in [0.1, 0.15) is 41.6 Å². The molecule has 5 heteroatoms. The van der Waals surface area contributed by atoms with E-state index in [1.807, 2.05) is 48.7 Å². The maximum absolute atomic E-state index is 12.4. The number of aromatic nitrogens is 2. The molecule has 0 bridgehead atoms. The maximum Gasteiger partial charge on any atom is 0.251 e. The van der Waals surface area contributed by atoms with E-state index in [1.54, 1.807) is 0 Å². The van der Waals surface area contributed by atoms with Crippen LogP contribution in [0.4, 0.5) is 0 Å². The molecular weight excluding hydrogens is 326 g/mol. The summed E-state index contributed by atoms with van der Waals surface area (Å²) in [5, 5.41) is 11.3. The van der Waals surface area contributed by atoms with Gasteiger partial charge in [0.2, 0.25) is 0 Å². The van der Waals surface area contributed by atoms with Crippen LogP contribution < -0.4 is 10.1 Å². The standard InChI is InChI=1S/C21H23N3O2/c1-14-18-13-22-24-19(18)10-11-20(14)26-17-9-5-8-16(12-17)23-21(25)15-6-3-2-4-7-15/h2-4,6-7,10-11,13,16-17H,5,8-9,12H2,1H3,(H,22,24)(H,23,25)/t16-,17+/m1/s1. The van der Waals surface area contributed by atoms with Crippen molar-refractivity contribution in [3.05, 3.63) is 59.8 Å². The van der Waals surface area contributed by atoms with Crippen molar-refractivity contribution in [2.45, 2.75) is 44.8 Å². The molecule has 4 rings (SSSR count). The summed E-state index contributed by atoms with van der Waals surface area (Å²) >= 11 is 0. The zero-order valence-corrected chi connectivity index (χ0v) is 14.9. The topological polar surface area (TPSA) is 67.0 Å². The molecule has 1 fully saturated rings. The fraction of sp³-hybridized carbons (Fsp3) is 0.333. The van der Waals surface area contributed by atoms with Gasteiger partial charge < -0.3 is 10.1 Å². The highest BCUT2D eigenvalue weighted by molar-refractivity contribution is 5.94. The summed E-state index contributed by atoms with van der Waals surface area (Å²) in [7, 11) is 0. The number of H-pyrrole nitrogens is 1. The number of nitrogens with one attached hydrogen (secondary N) is 2. The molecule has 2 atom stereocenters. The van der Waals surface area contributed by atoms with E-state index in [1.165, 1.54) is 0 Å². The fourth-order valence-corrected chi connectivity index (χ4v) is 3.69. The van der Waals surface area contributed by atoms with Gasteiger partial charge in [-0.15, -0.1) is 0 Å². The minimum Gasteiger partial charge on any atom is -0.490 e. The van der Waals surface area contributed by atoms with Crippen molar-refractivity contribution in [2.24, 2.45) is 0 Å². The highest BCUT2D eigenvalue weighted by Crippen LogP contribution is 2.30. The molecule has 1 saturated carbocycles. The Morgan fingerprint density at radius 1 is 1.19 bits per heavy atom. The van der Waals surface area contributed by atoms with E-state index in [4.69, 9.17) is 4.74 Å². The molecule has 1 amide bonds. The van der Waals surface area contributed by atoms with E-state index in [0.717, 1.165) is 47.9 Å². The molecule has 134 valence electrons. The largest absolute Gasteiger partial charge is 0.490 e. The maximum atomic E-state index is 12.4. The number of carbonyl (C=O) groups excluding carboxylic acids is 1. The average molecular weight is 349 g/mol. The van der Waals surface area contributed by atoms with E-state index >= 15 is 0 Å². The summed E-state index contributed by atoms with van der Waals surface area (Å²) in [5.74, 6) is 0.895. The number of amides is 1. The number of rotatable bonds is 4. The van der Waals surface area contributed by atoms with Crippen LogP contribution >= 0.6 is 0 Å². The molecule has 1 aliphatic carbocycles. The van der Waals surface area contributed by atoms with Crippen LogP contribution in [0.15, 0.2) is 48.7 Å². The molecule has 0 radical (unpaired) electrons. The summed E-state index contributed by atoms with van der Waals surface area (Å²) in [6.45, 7) is 2.06. The molecule has 0 aliphatic heterocycles. The van der Waals surface area contributed by atoms with Crippen molar-refractivity contribution in [2.75, 3.05) is 0 Å². The number of benzene rings is 2. The van der Waals surface area contributed by atoms with Crippen molar-refractivity contribution in [3.8, 4) is 5.75 Å². The third-order valence-electron chi connectivity index (χ3n) is 5.13. The van der Waals surface area contributed by atoms with Gasteiger partial charge >= 0.3 is 0 Å². The van der Waals surface area contributed by atoms with Gasteiger partial charge in [0.15, 0.2) is 0 Å². The first kappa shape index (κ1) is 16.6. The number of carbonyl (C=O) groups is 1. The second-order valence-electron chi connectivity index (χ2n) is 6.96. The number of fused-ring (bicyclic) bond motifs is 1. The van der Waals surface area contributed by atoms with Gasteiger partial charge in [-0.25, -0.2) is 0 Å². The van der Waals surface area contributed by atoms with E-state index < -0.39 is 0 Å². The quantitative estimate of drug-likeness (QED) is 0.748. The summed E-state index contributed by atoms with van der Waals surface area (Å²) in [4.78, 5) is 12.4. The van der Waals surface area contributed by atoms with Gasteiger partial charge in [-0.2, -0.15) is 5.10 Å². The summed E-state index contributed by atoms with van der Waals surface area (Å²) in [5.41, 5.74) is 2.83. The highest BCUT2D eigenvalue weighted by Gasteiger charge is 2.25. The Morgan fingerprint density at radius 3 is 2.88 bits per heavy atom. The predicted octanol–water partition coefficient (Wildman–Crippen LogP) is 3.99. The normalized spacial score (nSPS) is 20.0. The number of hydrogen-bond donors (Lipinski definition) is 2. The zero-order chi connectivity index (χ0) is 17.9. The summed E-state index contributed by atoms with van der Waals surface area (Å²) in [6, 6.07) is 13.5. The number of aromatic amines is 1. The van der Waals surface area contributed by atoms with Gasteiger partial charge in [0, 0.05) is 29.0 Å². The number of hydrogen-bond acceptors (Lipinski definition) is 3. The van der Waals surface area contributed by atoms with Crippen molar-refractivity contribution in [1.29, 1.82) is 0 Å². The molecule has 1 aromatic heterocycles. The molecule has 0 unspecified atom stereocenters. The van der Waals surface area contributed by atoms with Crippen LogP contribution in [-0.4, -0.2) is 28.3 Å². The lowest BCUT2D eigenvalue weighted by Crippen LogP contribution is -2.41. The molecule has 2 aromatic carbocycles. The van der Waals surface area contributed by atoms with Crippen molar-refractivity contribution >= 4 is 16.8 Å². The van der Waals surface area contributed by atoms with E-state index in [9.17, 15) is 4.79 Å². The van der Waals surface area contributed by atoms with Crippen molar-refractivity contribution < 1.29 is 9.53 Å². The molecular formula is C21H23N3O2. The molecule has 5 nitrogen and oxygen atoms in total. The van der Waals surface area contributed by atoms with Gasteiger partial charge in [0.1, 0.15) is 11.9 Å². The van der Waals surface area contributed by atoms with Crippen LogP contribution in [0.5, 0.6) is 5.75 Å². The van der Waals surface area contributed by atoms with Crippen LogP contribution in [0.2, 0.25) is 0 Å². The average Bonchev–Trinajstić information content (AvgIpc) is 3.15. The molecule has 26 heavy (non-hydrogen) atoms. The highest BCUT2D eigenvalue weighted by atomic mass is 16.5. The first-order valence-corrected chi connectivity index (χ1v) is 9.16. The van der Waals surface area contributed by atoms with Crippen LogP contribution in [0.3, 0.4) is 0 Å². The fourth-order valence-electron chi connectivity index (χ4n) is 3.69. The first-order chi connectivity index (χ1) is 12.7. The molecule has 1 heterocycles. The third-order valence-corrected chi connectivity index (χ3v) is 5.13. The monoisotopic (exact) mass is 349 g/mol. The predicted molar refractivity (Wildman–Crippen MR) is 101 cm³/mol. The van der Waals surface area contributed by atoms with Gasteiger partial charge in [0.05, 0.1) is 11.7 Å². The Kier molecular flexibility index (Phi) is 4.61. The molecule has 3 aromatic rings. The third kappa shape index (κ3) is 3.43. The Morgan fingerprint density at radius 2 is 2.04 bits per heavy atom. The lowest BCUT2D eigenvalue weighted by molar-refractivity contribution is 0.0882. The lowest BCUT2D eigenvalue weighted by Gasteiger charge is -2.30. The first-order valence-electron chi connectivity index (χ1n) is 9.16. The number of aryl methyl sites for hydroxylation is 1. The van der Waals surface area contributed by atoms with Gasteiger partial charge in [0.25, 0.3) is 5.91 Å². The van der Waals surface area contributed by atoms with E-state index in [0.29, 0.717) is 5.56 Å². The Bertz CT molecular complexity index is 904. The van der Waals surface area contributed by atoms with Gasteiger partial charge in [-0.05, 0) is 50.5 Å². The lowest BCUT2D eigenvalue weighted by atomic mass is 9.92. The van der Waals surface area contributed by atoms with Crippen LogP contribution in [0, 0.1) is 6.92 Å². The SMILES string of the molecule is Cc1c(O[C@H]2CCC[C@@H](NC(=O)c3ccccc3)C2)ccc2[nH]ncc12. The molecule has 0 saturated heterocycles. The van der Waals surface area contributed by atoms with Crippen molar-refractivity contribution in [3.63, 3.8) is 0 Å². The van der Waals surface area contributed by atoms with E-state index in [2.05, 4.69) is 22.4 Å². The number of ether oxygens (including phenoxy) is 1. The Labute approximate surface area is 152 Å². The van der Waals surface area contributed by atoms with Crippen molar-refractivity contribution in [1.82, 2.24) is 15.5 Å². The minimum absolute atomic E-state index is 0.00718. The number of nitrogens with zero attached hydrogens (tertiary/aromatic N) is 1. The van der Waals surface area contributed by atoms with Crippen LogP contribution in [-0.2, 0) is 0 Å². The van der Waals surface area contributed by atoms with Crippen LogP contribution in [0.25, 0.3) is 10.9 Å². The Balaban J connectivity index is 1.41. The second kappa shape index (κ2) is 7.20. The zero-order valence-electron chi connectivity index (χ0n) is 14.9. The Hall–Kier alpha value is -2.82. The molecule has 1 aliphatic rings. The van der Waals surface area contributed by atoms with Gasteiger partial charge in [-0.1, -0.05) is 18.2 Å². The van der Waals surface area contributed by atoms with E-state index in [-0.39, 0.29) is 18.1 Å². The molecule has 0 spiro atoms. The summed E-state index contributed by atoms with van der Waals surface area (Å²) < 4.78 is 6.29. The smallest absolute Gasteiger partial charge is 0.251 e.